The van der Waals surface area contributed by atoms with Gasteiger partial charge in [0.1, 0.15) is 5.82 Å². The van der Waals surface area contributed by atoms with Crippen molar-refractivity contribution in [2.24, 2.45) is 0 Å². The van der Waals surface area contributed by atoms with E-state index >= 15 is 0 Å². The van der Waals surface area contributed by atoms with E-state index in [0.29, 0.717) is 17.3 Å². The minimum Gasteiger partial charge on any atom is -0.367 e. The zero-order valence-corrected chi connectivity index (χ0v) is 15.3. The van der Waals surface area contributed by atoms with Gasteiger partial charge in [0, 0.05) is 18.4 Å². The van der Waals surface area contributed by atoms with Crippen molar-refractivity contribution in [3.8, 4) is 0 Å². The van der Waals surface area contributed by atoms with E-state index in [0.717, 1.165) is 5.82 Å². The van der Waals surface area contributed by atoms with Crippen molar-refractivity contribution >= 4 is 23.3 Å². The van der Waals surface area contributed by atoms with E-state index in [-0.39, 0.29) is 11.9 Å². The minimum atomic E-state index is -0.270. The molecule has 1 fully saturated rings. The number of hydrogen-bond donors (Lipinski definition) is 2. The number of pyridine rings is 2. The van der Waals surface area contributed by atoms with Gasteiger partial charge in [-0.3, -0.25) is 15.1 Å². The van der Waals surface area contributed by atoms with Crippen molar-refractivity contribution < 1.29 is 4.79 Å². The molecule has 1 aliphatic carbocycles. The fourth-order valence-electron chi connectivity index (χ4n) is 3.55. The molecule has 3 aromatic heterocycles. The van der Waals surface area contributed by atoms with Crippen LogP contribution in [0.1, 0.15) is 55.3 Å². The van der Waals surface area contributed by atoms with E-state index in [1.807, 2.05) is 18.2 Å². The first-order chi connectivity index (χ1) is 13.3. The second kappa shape index (κ2) is 8.16. The number of carbonyl (C=O) groups is 1. The number of hydrogen-bond acceptors (Lipinski definition) is 5. The molecule has 0 aliphatic heterocycles. The van der Waals surface area contributed by atoms with Gasteiger partial charge in [-0.1, -0.05) is 38.2 Å². The fourth-order valence-corrected chi connectivity index (χ4v) is 3.55. The van der Waals surface area contributed by atoms with Gasteiger partial charge in [0.2, 0.25) is 5.95 Å². The maximum atomic E-state index is 12.3. The Morgan fingerprint density at radius 3 is 2.63 bits per heavy atom. The van der Waals surface area contributed by atoms with Gasteiger partial charge in [-0.15, -0.1) is 5.10 Å². The lowest BCUT2D eigenvalue weighted by Crippen LogP contribution is -2.22. The molecule has 0 spiro atoms. The molecule has 7 nitrogen and oxygen atoms in total. The average Bonchev–Trinajstić information content (AvgIpc) is 3.08. The van der Waals surface area contributed by atoms with Crippen LogP contribution in [-0.2, 0) is 0 Å². The van der Waals surface area contributed by atoms with Crippen molar-refractivity contribution in [2.75, 3.05) is 10.6 Å². The maximum Gasteiger partial charge on any atom is 0.259 e. The highest BCUT2D eigenvalue weighted by molar-refractivity contribution is 6.03. The molecular formula is C20H24N6O. The van der Waals surface area contributed by atoms with Crippen LogP contribution in [0.2, 0.25) is 0 Å². The molecule has 0 atom stereocenters. The van der Waals surface area contributed by atoms with Crippen molar-refractivity contribution in [1.29, 1.82) is 0 Å². The molecular weight excluding hydrogens is 340 g/mol. The summed E-state index contributed by atoms with van der Waals surface area (Å²) in [6.45, 7) is 0. The van der Waals surface area contributed by atoms with Crippen LogP contribution in [0.15, 0.2) is 42.7 Å². The van der Waals surface area contributed by atoms with Crippen LogP contribution in [0.25, 0.3) is 5.65 Å². The number of anilines is 2. The Morgan fingerprint density at radius 2 is 1.85 bits per heavy atom. The third-order valence-electron chi connectivity index (χ3n) is 4.97. The third kappa shape index (κ3) is 4.24. The van der Waals surface area contributed by atoms with E-state index < -0.39 is 0 Å². The van der Waals surface area contributed by atoms with Crippen molar-refractivity contribution in [3.05, 3.63) is 48.3 Å². The molecule has 140 valence electrons. The summed E-state index contributed by atoms with van der Waals surface area (Å²) in [5.74, 6) is 0.928. The molecule has 0 unspecified atom stereocenters. The largest absolute Gasteiger partial charge is 0.367 e. The summed E-state index contributed by atoms with van der Waals surface area (Å²) in [4.78, 5) is 20.7. The number of carbonyl (C=O) groups excluding carboxylic acids is 1. The number of nitrogens with one attached hydrogen (secondary N) is 2. The normalized spacial score (nSPS) is 15.9. The molecule has 0 bridgehead atoms. The van der Waals surface area contributed by atoms with Gasteiger partial charge < -0.3 is 5.32 Å². The Morgan fingerprint density at radius 1 is 1.04 bits per heavy atom. The number of amides is 1. The summed E-state index contributed by atoms with van der Waals surface area (Å²) in [7, 11) is 0. The second-order valence-electron chi connectivity index (χ2n) is 7.00. The summed E-state index contributed by atoms with van der Waals surface area (Å²) < 4.78 is 1.76. The fraction of sp³-hybridized carbons (Fsp3) is 0.400. The first kappa shape index (κ1) is 17.5. The minimum absolute atomic E-state index is 0.270. The van der Waals surface area contributed by atoms with Gasteiger partial charge in [-0.25, -0.2) is 0 Å². The highest BCUT2D eigenvalue weighted by atomic mass is 16.1. The Labute approximate surface area is 158 Å². The second-order valence-corrected chi connectivity index (χ2v) is 7.00. The third-order valence-corrected chi connectivity index (χ3v) is 4.97. The Kier molecular flexibility index (Phi) is 5.27. The molecule has 0 radical (unpaired) electrons. The molecule has 1 amide bonds. The van der Waals surface area contributed by atoms with Crippen LogP contribution in [0.3, 0.4) is 0 Å². The summed E-state index contributed by atoms with van der Waals surface area (Å²) >= 11 is 0. The number of rotatable bonds is 4. The van der Waals surface area contributed by atoms with Crippen LogP contribution >= 0.6 is 0 Å². The van der Waals surface area contributed by atoms with E-state index in [1.54, 1.807) is 22.8 Å². The monoisotopic (exact) mass is 364 g/mol. The van der Waals surface area contributed by atoms with Gasteiger partial charge in [0.25, 0.3) is 5.91 Å². The lowest BCUT2D eigenvalue weighted by atomic mass is 9.97. The molecule has 1 aliphatic rings. The first-order valence-electron chi connectivity index (χ1n) is 9.63. The molecule has 1 saturated carbocycles. The maximum absolute atomic E-state index is 12.3. The van der Waals surface area contributed by atoms with Crippen LogP contribution in [-0.4, -0.2) is 31.5 Å². The first-order valence-corrected chi connectivity index (χ1v) is 9.63. The number of fused-ring (bicyclic) bond motifs is 1. The van der Waals surface area contributed by atoms with E-state index in [1.165, 1.54) is 51.1 Å². The van der Waals surface area contributed by atoms with Gasteiger partial charge in [0.05, 0.1) is 5.56 Å². The smallest absolute Gasteiger partial charge is 0.259 e. The van der Waals surface area contributed by atoms with Crippen molar-refractivity contribution in [1.82, 2.24) is 19.6 Å². The predicted octanol–water partition coefficient (Wildman–Crippen LogP) is 3.90. The zero-order valence-electron chi connectivity index (χ0n) is 15.3. The van der Waals surface area contributed by atoms with Gasteiger partial charge in [0.15, 0.2) is 5.65 Å². The number of nitrogens with zero attached hydrogens (tertiary/aromatic N) is 4. The topological polar surface area (TPSA) is 84.2 Å². The highest BCUT2D eigenvalue weighted by Crippen LogP contribution is 2.21. The van der Waals surface area contributed by atoms with Crippen LogP contribution in [0.4, 0.5) is 11.8 Å². The molecule has 4 rings (SSSR count). The molecule has 27 heavy (non-hydrogen) atoms. The lowest BCUT2D eigenvalue weighted by Gasteiger charge is -2.22. The van der Waals surface area contributed by atoms with Crippen LogP contribution in [0.5, 0.6) is 0 Å². The summed E-state index contributed by atoms with van der Waals surface area (Å²) in [5.41, 5.74) is 1.18. The number of aromatic nitrogens is 4. The molecule has 2 N–H and O–H groups in total. The van der Waals surface area contributed by atoms with Crippen molar-refractivity contribution in [3.63, 3.8) is 0 Å². The predicted molar refractivity (Wildman–Crippen MR) is 105 cm³/mol. The molecule has 7 heteroatoms. The summed E-state index contributed by atoms with van der Waals surface area (Å²) in [6.07, 6.45) is 12.0. The Hall–Kier alpha value is -2.96. The lowest BCUT2D eigenvalue weighted by molar-refractivity contribution is 0.102. The molecule has 3 aromatic rings. The molecule has 0 aromatic carbocycles. The Bertz CT molecular complexity index is 899. The average molecular weight is 364 g/mol. The van der Waals surface area contributed by atoms with Gasteiger partial charge in [-0.2, -0.15) is 9.50 Å². The van der Waals surface area contributed by atoms with Crippen LogP contribution in [0, 0.1) is 0 Å². The van der Waals surface area contributed by atoms with E-state index in [9.17, 15) is 4.79 Å². The zero-order chi connectivity index (χ0) is 18.5. The SMILES string of the molecule is O=C(Nc1nc2cccc(NC3CCCCCCC3)n2n1)c1cccnc1. The van der Waals surface area contributed by atoms with Crippen LogP contribution < -0.4 is 10.6 Å². The standard InChI is InChI=1S/C20H24N6O/c27-19(15-8-7-13-21-14-15)24-20-23-18-12-6-11-17(26(18)25-20)22-16-9-4-2-1-3-5-10-16/h6-8,11-14,16,22H,1-5,9-10H2,(H,24,25,27). The van der Waals surface area contributed by atoms with E-state index in [4.69, 9.17) is 0 Å². The Balaban J connectivity index is 1.52. The summed E-state index contributed by atoms with van der Waals surface area (Å²) in [5, 5.41) is 10.9. The quantitative estimate of drug-likeness (QED) is 0.733. The van der Waals surface area contributed by atoms with Gasteiger partial charge >= 0.3 is 0 Å². The van der Waals surface area contributed by atoms with Gasteiger partial charge in [-0.05, 0) is 37.1 Å². The van der Waals surface area contributed by atoms with Crippen molar-refractivity contribution in [2.45, 2.75) is 51.0 Å². The summed E-state index contributed by atoms with van der Waals surface area (Å²) in [6, 6.07) is 9.74. The highest BCUT2D eigenvalue weighted by Gasteiger charge is 2.15. The molecule has 0 saturated heterocycles. The van der Waals surface area contributed by atoms with E-state index in [2.05, 4.69) is 25.7 Å². The molecule has 3 heterocycles.